The van der Waals surface area contributed by atoms with Crippen LogP contribution in [-0.2, 0) is 19.9 Å². The summed E-state index contributed by atoms with van der Waals surface area (Å²) in [5.74, 6) is -0.372. The molecule has 2 heterocycles. The van der Waals surface area contributed by atoms with Crippen LogP contribution < -0.4 is 11.1 Å². The van der Waals surface area contributed by atoms with Crippen molar-refractivity contribution in [2.75, 3.05) is 26.7 Å². The molecule has 2 unspecified atom stereocenters. The number of amides is 2. The van der Waals surface area contributed by atoms with Crippen molar-refractivity contribution in [1.29, 1.82) is 0 Å². The summed E-state index contributed by atoms with van der Waals surface area (Å²) in [6, 6.07) is 26.6. The van der Waals surface area contributed by atoms with Gasteiger partial charge in [-0.3, -0.25) is 9.47 Å². The van der Waals surface area contributed by atoms with Gasteiger partial charge in [0.25, 0.3) is 0 Å². The number of piperazine rings is 1. The number of unbranched alkanes of at least 4 members (excludes halogenated alkanes) is 1. The van der Waals surface area contributed by atoms with Crippen LogP contribution in [0.3, 0.4) is 0 Å². The number of nitrogens with one attached hydrogen (secondary N) is 1. The summed E-state index contributed by atoms with van der Waals surface area (Å²) in [5.41, 5.74) is 4.89. The van der Waals surface area contributed by atoms with Gasteiger partial charge in [0.05, 0.1) is 17.6 Å². The van der Waals surface area contributed by atoms with E-state index < -0.39 is 0 Å². The van der Waals surface area contributed by atoms with Crippen molar-refractivity contribution in [3.8, 4) is 0 Å². The number of urea groups is 1. The van der Waals surface area contributed by atoms with Crippen LogP contribution in [0.25, 0.3) is 11.1 Å². The van der Waals surface area contributed by atoms with Gasteiger partial charge in [0.15, 0.2) is 5.58 Å². The Hall–Kier alpha value is -3.84. The van der Waals surface area contributed by atoms with E-state index in [0.717, 1.165) is 43.3 Å². The van der Waals surface area contributed by atoms with Gasteiger partial charge in [-0.1, -0.05) is 66.7 Å². The number of likely N-dealkylation sites (N-methyl/N-ethyl adjacent to an activating group) is 1. The fourth-order valence-electron chi connectivity index (χ4n) is 5.57. The van der Waals surface area contributed by atoms with E-state index in [9.17, 15) is 9.59 Å². The molecule has 1 fully saturated rings. The van der Waals surface area contributed by atoms with Crippen LogP contribution in [0.15, 0.2) is 88.1 Å². The molecule has 7 heteroatoms. The van der Waals surface area contributed by atoms with E-state index in [0.29, 0.717) is 18.7 Å². The van der Waals surface area contributed by atoms with Gasteiger partial charge in [-0.15, -0.1) is 0 Å². The van der Waals surface area contributed by atoms with E-state index in [4.69, 9.17) is 4.42 Å². The Morgan fingerprint density at radius 3 is 2.37 bits per heavy atom. The summed E-state index contributed by atoms with van der Waals surface area (Å²) in [4.78, 5) is 29.9. The van der Waals surface area contributed by atoms with E-state index in [1.165, 1.54) is 15.7 Å². The zero-order chi connectivity index (χ0) is 26.5. The molecule has 1 saturated heterocycles. The largest absolute Gasteiger partial charge is 0.419 e. The lowest BCUT2D eigenvalue weighted by molar-refractivity contribution is 0.0563. The Balaban J connectivity index is 1.34. The highest BCUT2D eigenvalue weighted by molar-refractivity contribution is 5.76. The minimum Gasteiger partial charge on any atom is -0.408 e. The molecule has 7 nitrogen and oxygen atoms in total. The van der Waals surface area contributed by atoms with Gasteiger partial charge in [0.2, 0.25) is 0 Å². The molecule has 2 atom stereocenters. The Labute approximate surface area is 223 Å². The molecular weight excluding hydrogens is 476 g/mol. The quantitative estimate of drug-likeness (QED) is 0.346. The zero-order valence-electron chi connectivity index (χ0n) is 22.2. The van der Waals surface area contributed by atoms with Gasteiger partial charge in [-0.2, -0.15) is 0 Å². The molecule has 38 heavy (non-hydrogen) atoms. The van der Waals surface area contributed by atoms with E-state index in [1.54, 1.807) is 7.05 Å². The first-order valence-electron chi connectivity index (χ1n) is 13.4. The first-order chi connectivity index (χ1) is 18.5. The van der Waals surface area contributed by atoms with Crippen LogP contribution in [0.2, 0.25) is 0 Å². The summed E-state index contributed by atoms with van der Waals surface area (Å²) in [6.45, 7) is 2.07. The Kier molecular flexibility index (Phi) is 7.94. The highest BCUT2D eigenvalue weighted by Crippen LogP contribution is 2.34. The van der Waals surface area contributed by atoms with Crippen LogP contribution in [0.1, 0.15) is 35.6 Å². The highest BCUT2D eigenvalue weighted by Gasteiger charge is 2.38. The molecule has 1 N–H and O–H groups in total. The number of oxazole rings is 1. The van der Waals surface area contributed by atoms with Gasteiger partial charge < -0.3 is 14.6 Å². The molecule has 5 rings (SSSR count). The summed E-state index contributed by atoms with van der Waals surface area (Å²) >= 11 is 0. The molecule has 3 aromatic carbocycles. The number of hydrogen-bond acceptors (Lipinski definition) is 4. The topological polar surface area (TPSA) is 70.7 Å². The number of aromatic nitrogens is 1. The molecule has 0 spiro atoms. The fraction of sp³-hybridized carbons (Fsp3) is 0.355. The maximum absolute atomic E-state index is 13.5. The van der Waals surface area contributed by atoms with Gasteiger partial charge >= 0.3 is 11.8 Å². The number of carbonyl (C=O) groups excluding carboxylic acids is 1. The molecule has 0 bridgehead atoms. The average Bonchev–Trinajstić information content (AvgIpc) is 3.22. The van der Waals surface area contributed by atoms with Crippen molar-refractivity contribution in [3.05, 3.63) is 106 Å². The predicted molar refractivity (Wildman–Crippen MR) is 150 cm³/mol. The minimum absolute atomic E-state index is 0.0175. The summed E-state index contributed by atoms with van der Waals surface area (Å²) in [5, 5.41) is 3.19. The number of aryl methyl sites for hydroxylation is 2. The van der Waals surface area contributed by atoms with Gasteiger partial charge in [0, 0.05) is 26.7 Å². The second-order valence-electron chi connectivity index (χ2n) is 10.2. The number of benzene rings is 3. The number of carbonyl (C=O) groups is 1. The Bertz CT molecular complexity index is 1410. The van der Waals surface area contributed by atoms with Gasteiger partial charge in [0.1, 0.15) is 0 Å². The lowest BCUT2D eigenvalue weighted by atomic mass is 9.89. The summed E-state index contributed by atoms with van der Waals surface area (Å²) in [6.07, 6.45) is 3.71. The normalized spacial score (nSPS) is 18.1. The third-order valence-electron chi connectivity index (χ3n) is 7.65. The SMILES string of the molecule is CN1CCN(C(=O)NCCCCc2ccccc2)C(Cc2ccccc2)C1c1ccc2c(c1)oc(=O)n2C. The molecule has 0 saturated carbocycles. The van der Waals surface area contributed by atoms with Crippen molar-refractivity contribution in [3.63, 3.8) is 0 Å². The Morgan fingerprint density at radius 2 is 1.63 bits per heavy atom. The van der Waals surface area contributed by atoms with Crippen LogP contribution >= 0.6 is 0 Å². The van der Waals surface area contributed by atoms with E-state index >= 15 is 0 Å². The number of nitrogens with zero attached hydrogens (tertiary/aromatic N) is 3. The molecule has 1 aliphatic rings. The number of hydrogen-bond donors (Lipinski definition) is 1. The lowest BCUT2D eigenvalue weighted by Crippen LogP contribution is -2.58. The first-order valence-corrected chi connectivity index (χ1v) is 13.4. The molecule has 0 aliphatic carbocycles. The summed E-state index contributed by atoms with van der Waals surface area (Å²) in [7, 11) is 3.82. The fourth-order valence-corrected chi connectivity index (χ4v) is 5.57. The van der Waals surface area contributed by atoms with E-state index in [1.807, 2.05) is 41.3 Å². The van der Waals surface area contributed by atoms with Crippen LogP contribution in [-0.4, -0.2) is 53.1 Å². The predicted octanol–water partition coefficient (Wildman–Crippen LogP) is 4.76. The molecule has 1 aromatic heterocycles. The first kappa shape index (κ1) is 25.8. The number of fused-ring (bicyclic) bond motifs is 1. The van der Waals surface area contributed by atoms with E-state index in [2.05, 4.69) is 59.7 Å². The van der Waals surface area contributed by atoms with Gasteiger partial charge in [-0.25, -0.2) is 9.59 Å². The average molecular weight is 513 g/mol. The standard InChI is InChI=1S/C31H36N4O3/c1-33-19-20-35(30(36)32-18-10-9-13-23-11-5-3-6-12-23)27(21-24-14-7-4-8-15-24)29(33)25-16-17-26-28(22-25)38-31(37)34(26)2/h3-8,11-12,14-17,22,27,29H,9-10,13,18-21H2,1-2H3,(H,32,36). The highest BCUT2D eigenvalue weighted by atomic mass is 16.4. The minimum atomic E-state index is -0.372. The Morgan fingerprint density at radius 1 is 0.921 bits per heavy atom. The zero-order valence-corrected chi connectivity index (χ0v) is 22.2. The van der Waals surface area contributed by atoms with Crippen molar-refractivity contribution >= 4 is 17.1 Å². The molecule has 1 aliphatic heterocycles. The molecule has 2 amide bonds. The van der Waals surface area contributed by atoms with Crippen molar-refractivity contribution in [2.24, 2.45) is 7.05 Å². The van der Waals surface area contributed by atoms with E-state index in [-0.39, 0.29) is 23.9 Å². The number of rotatable bonds is 8. The third kappa shape index (κ3) is 5.68. The van der Waals surface area contributed by atoms with Crippen LogP contribution in [0.4, 0.5) is 4.79 Å². The van der Waals surface area contributed by atoms with Crippen LogP contribution in [0.5, 0.6) is 0 Å². The molecular formula is C31H36N4O3. The lowest BCUT2D eigenvalue weighted by Gasteiger charge is -2.46. The van der Waals surface area contributed by atoms with Crippen molar-refractivity contribution < 1.29 is 9.21 Å². The van der Waals surface area contributed by atoms with Crippen molar-refractivity contribution in [1.82, 2.24) is 19.7 Å². The second kappa shape index (κ2) is 11.7. The van der Waals surface area contributed by atoms with Gasteiger partial charge in [-0.05, 0) is 61.6 Å². The summed E-state index contributed by atoms with van der Waals surface area (Å²) < 4.78 is 7.01. The monoisotopic (exact) mass is 512 g/mol. The van der Waals surface area contributed by atoms with Crippen molar-refractivity contribution in [2.45, 2.75) is 37.8 Å². The molecule has 198 valence electrons. The maximum atomic E-state index is 13.5. The molecule has 0 radical (unpaired) electrons. The third-order valence-corrected chi connectivity index (χ3v) is 7.65. The maximum Gasteiger partial charge on any atom is 0.419 e. The molecule has 4 aromatic rings. The second-order valence-corrected chi connectivity index (χ2v) is 10.2. The smallest absolute Gasteiger partial charge is 0.408 e. The van der Waals surface area contributed by atoms with Crippen LogP contribution in [0, 0.1) is 0 Å².